The Kier molecular flexibility index (Phi) is 4.69. The molecule has 0 atom stereocenters. The number of rotatable bonds is 5. The van der Waals surface area contributed by atoms with E-state index in [-0.39, 0.29) is 0 Å². The van der Waals surface area contributed by atoms with Gasteiger partial charge in [0.05, 0.1) is 18.4 Å². The van der Waals surface area contributed by atoms with E-state index in [4.69, 9.17) is 12.2 Å². The third-order valence-corrected chi connectivity index (χ3v) is 2.73. The van der Waals surface area contributed by atoms with Crippen LogP contribution in [0.25, 0.3) is 0 Å². The summed E-state index contributed by atoms with van der Waals surface area (Å²) in [6, 6.07) is 10.2. The first-order valence-corrected chi connectivity index (χ1v) is 6.41. The van der Waals surface area contributed by atoms with Crippen molar-refractivity contribution in [1.82, 2.24) is 15.1 Å². The van der Waals surface area contributed by atoms with Crippen LogP contribution in [-0.2, 0) is 6.54 Å². The SMILES string of the molecule is C=CCNC(=S)Nc1cnn(Cc2ccccc2)c1. The first-order chi connectivity index (χ1) is 9.28. The molecule has 0 saturated heterocycles. The van der Waals surface area contributed by atoms with E-state index in [2.05, 4.69) is 34.4 Å². The second kappa shape index (κ2) is 6.70. The zero-order valence-electron chi connectivity index (χ0n) is 10.5. The van der Waals surface area contributed by atoms with Gasteiger partial charge in [0.15, 0.2) is 5.11 Å². The molecule has 0 radical (unpaired) electrons. The van der Waals surface area contributed by atoms with Crippen LogP contribution in [0.3, 0.4) is 0 Å². The minimum absolute atomic E-state index is 0.569. The zero-order valence-corrected chi connectivity index (χ0v) is 11.4. The van der Waals surface area contributed by atoms with E-state index in [1.54, 1.807) is 12.3 Å². The Morgan fingerprint density at radius 2 is 2.16 bits per heavy atom. The van der Waals surface area contributed by atoms with Crippen molar-refractivity contribution in [2.24, 2.45) is 0 Å². The van der Waals surface area contributed by atoms with Gasteiger partial charge in [-0.05, 0) is 17.8 Å². The summed E-state index contributed by atoms with van der Waals surface area (Å²) in [4.78, 5) is 0. The maximum atomic E-state index is 5.13. The van der Waals surface area contributed by atoms with E-state index >= 15 is 0 Å². The van der Waals surface area contributed by atoms with Crippen molar-refractivity contribution in [2.75, 3.05) is 11.9 Å². The number of benzene rings is 1. The molecule has 0 unspecified atom stereocenters. The average molecular weight is 272 g/mol. The van der Waals surface area contributed by atoms with Gasteiger partial charge in [0.1, 0.15) is 0 Å². The van der Waals surface area contributed by atoms with Crippen LogP contribution in [0.15, 0.2) is 55.4 Å². The van der Waals surface area contributed by atoms with Crippen LogP contribution in [0.5, 0.6) is 0 Å². The van der Waals surface area contributed by atoms with Crippen molar-refractivity contribution in [2.45, 2.75) is 6.54 Å². The minimum Gasteiger partial charge on any atom is -0.359 e. The molecule has 0 aliphatic heterocycles. The summed E-state index contributed by atoms with van der Waals surface area (Å²) in [6.07, 6.45) is 5.44. The third-order valence-electron chi connectivity index (χ3n) is 2.49. The van der Waals surface area contributed by atoms with Gasteiger partial charge in [0, 0.05) is 12.7 Å². The highest BCUT2D eigenvalue weighted by molar-refractivity contribution is 7.80. The maximum Gasteiger partial charge on any atom is 0.171 e. The van der Waals surface area contributed by atoms with Crippen molar-refractivity contribution in [3.8, 4) is 0 Å². The van der Waals surface area contributed by atoms with Gasteiger partial charge >= 0.3 is 0 Å². The lowest BCUT2D eigenvalue weighted by atomic mass is 10.2. The Bertz CT molecular complexity index is 548. The largest absolute Gasteiger partial charge is 0.359 e. The lowest BCUT2D eigenvalue weighted by molar-refractivity contribution is 0.687. The van der Waals surface area contributed by atoms with Crippen LogP contribution in [-0.4, -0.2) is 21.4 Å². The molecule has 1 aromatic heterocycles. The molecule has 4 nitrogen and oxygen atoms in total. The Hall–Kier alpha value is -2.14. The molecule has 98 valence electrons. The van der Waals surface area contributed by atoms with Gasteiger partial charge in [-0.15, -0.1) is 6.58 Å². The molecule has 1 heterocycles. The fourth-order valence-corrected chi connectivity index (χ4v) is 1.83. The van der Waals surface area contributed by atoms with E-state index in [9.17, 15) is 0 Å². The van der Waals surface area contributed by atoms with Gasteiger partial charge in [0.25, 0.3) is 0 Å². The number of nitrogens with one attached hydrogen (secondary N) is 2. The maximum absolute atomic E-state index is 5.13. The Morgan fingerprint density at radius 3 is 2.89 bits per heavy atom. The van der Waals surface area contributed by atoms with E-state index in [1.807, 2.05) is 29.1 Å². The summed E-state index contributed by atoms with van der Waals surface area (Å²) in [6.45, 7) is 5.01. The fraction of sp³-hybridized carbons (Fsp3) is 0.143. The van der Waals surface area contributed by atoms with Crippen LogP contribution in [0, 0.1) is 0 Å². The van der Waals surface area contributed by atoms with Gasteiger partial charge in [-0.25, -0.2) is 0 Å². The number of hydrogen-bond acceptors (Lipinski definition) is 2. The average Bonchev–Trinajstić information content (AvgIpc) is 2.85. The number of thiocarbonyl (C=S) groups is 1. The zero-order chi connectivity index (χ0) is 13.5. The van der Waals surface area contributed by atoms with Crippen molar-refractivity contribution >= 4 is 23.0 Å². The predicted molar refractivity (Wildman–Crippen MR) is 82.2 cm³/mol. The van der Waals surface area contributed by atoms with Gasteiger partial charge in [0.2, 0.25) is 0 Å². The third kappa shape index (κ3) is 4.22. The van der Waals surface area contributed by atoms with Gasteiger partial charge in [-0.3, -0.25) is 4.68 Å². The number of nitrogens with zero attached hydrogens (tertiary/aromatic N) is 2. The summed E-state index contributed by atoms with van der Waals surface area (Å²) in [5, 5.41) is 10.9. The highest BCUT2D eigenvalue weighted by Crippen LogP contribution is 2.07. The van der Waals surface area contributed by atoms with E-state index in [0.717, 1.165) is 12.2 Å². The molecule has 2 N–H and O–H groups in total. The van der Waals surface area contributed by atoms with Crippen LogP contribution < -0.4 is 10.6 Å². The van der Waals surface area contributed by atoms with Crippen molar-refractivity contribution in [3.05, 3.63) is 60.9 Å². The quantitative estimate of drug-likeness (QED) is 0.648. The number of aromatic nitrogens is 2. The van der Waals surface area contributed by atoms with E-state index in [0.29, 0.717) is 11.7 Å². The molecule has 0 amide bonds. The Labute approximate surface area is 118 Å². The molecule has 0 spiro atoms. The summed E-state index contributed by atoms with van der Waals surface area (Å²) in [5.74, 6) is 0. The highest BCUT2D eigenvalue weighted by Gasteiger charge is 2.01. The molecule has 0 saturated carbocycles. The topological polar surface area (TPSA) is 41.9 Å². The standard InChI is InChI=1S/C14H16N4S/c1-2-8-15-14(19)17-13-9-16-18(11-13)10-12-6-4-3-5-7-12/h2-7,9,11H,1,8,10H2,(H2,15,17,19). The molecular weight excluding hydrogens is 256 g/mol. The molecule has 19 heavy (non-hydrogen) atoms. The summed E-state index contributed by atoms with van der Waals surface area (Å²) in [5.41, 5.74) is 2.09. The monoisotopic (exact) mass is 272 g/mol. The van der Waals surface area contributed by atoms with E-state index < -0.39 is 0 Å². The lowest BCUT2D eigenvalue weighted by Gasteiger charge is -2.06. The minimum atomic E-state index is 0.569. The second-order valence-electron chi connectivity index (χ2n) is 4.04. The molecular formula is C14H16N4S. The highest BCUT2D eigenvalue weighted by atomic mass is 32.1. The molecule has 0 aliphatic carbocycles. The first kappa shape index (κ1) is 13.3. The normalized spacial score (nSPS) is 9.89. The second-order valence-corrected chi connectivity index (χ2v) is 4.44. The Morgan fingerprint density at radius 1 is 1.37 bits per heavy atom. The van der Waals surface area contributed by atoms with E-state index in [1.165, 1.54) is 5.56 Å². The van der Waals surface area contributed by atoms with Crippen molar-refractivity contribution < 1.29 is 0 Å². The van der Waals surface area contributed by atoms with Crippen molar-refractivity contribution in [1.29, 1.82) is 0 Å². The fourth-order valence-electron chi connectivity index (χ4n) is 1.63. The summed E-state index contributed by atoms with van der Waals surface area (Å²) < 4.78 is 1.87. The van der Waals surface area contributed by atoms with Gasteiger partial charge < -0.3 is 10.6 Å². The number of anilines is 1. The summed E-state index contributed by atoms with van der Waals surface area (Å²) >= 11 is 5.13. The predicted octanol–water partition coefficient (Wildman–Crippen LogP) is 2.40. The molecule has 2 aromatic rings. The van der Waals surface area contributed by atoms with Crippen LogP contribution in [0.2, 0.25) is 0 Å². The molecule has 0 fully saturated rings. The summed E-state index contributed by atoms with van der Waals surface area (Å²) in [7, 11) is 0. The molecule has 5 heteroatoms. The molecule has 2 rings (SSSR count). The lowest BCUT2D eigenvalue weighted by Crippen LogP contribution is -2.28. The smallest absolute Gasteiger partial charge is 0.171 e. The van der Waals surface area contributed by atoms with Gasteiger partial charge in [-0.1, -0.05) is 36.4 Å². The van der Waals surface area contributed by atoms with Gasteiger partial charge in [-0.2, -0.15) is 5.10 Å². The first-order valence-electron chi connectivity index (χ1n) is 6.00. The molecule has 0 bridgehead atoms. The number of hydrogen-bond donors (Lipinski definition) is 2. The molecule has 1 aromatic carbocycles. The van der Waals surface area contributed by atoms with Crippen molar-refractivity contribution in [3.63, 3.8) is 0 Å². The molecule has 0 aliphatic rings. The van der Waals surface area contributed by atoms with Crippen LogP contribution >= 0.6 is 12.2 Å². The van der Waals surface area contributed by atoms with Crippen LogP contribution in [0.4, 0.5) is 5.69 Å². The Balaban J connectivity index is 1.92. The van der Waals surface area contributed by atoms with Crippen LogP contribution in [0.1, 0.15) is 5.56 Å².